The highest BCUT2D eigenvalue weighted by Crippen LogP contribution is 2.44. The fourth-order valence-corrected chi connectivity index (χ4v) is 2.82. The lowest BCUT2D eigenvalue weighted by Crippen LogP contribution is -2.32. The van der Waals surface area contributed by atoms with Crippen LogP contribution in [0, 0.1) is 13.8 Å². The van der Waals surface area contributed by atoms with Crippen LogP contribution >= 0.6 is 0 Å². The number of benzene rings is 1. The molecule has 0 saturated heterocycles. The van der Waals surface area contributed by atoms with E-state index in [1.165, 1.54) is 16.7 Å². The van der Waals surface area contributed by atoms with Crippen molar-refractivity contribution in [1.82, 2.24) is 0 Å². The van der Waals surface area contributed by atoms with Gasteiger partial charge in [0.2, 0.25) is 5.91 Å². The van der Waals surface area contributed by atoms with E-state index in [0.717, 1.165) is 18.5 Å². The molecule has 0 fully saturated rings. The minimum absolute atomic E-state index is 0.168. The van der Waals surface area contributed by atoms with Gasteiger partial charge in [-0.25, -0.2) is 0 Å². The first kappa shape index (κ1) is 11.2. The molecule has 1 N–H and O–H groups in total. The number of amides is 1. The molecule has 0 bridgehead atoms. The lowest BCUT2D eigenvalue weighted by atomic mass is 9.76. The first-order valence-electron chi connectivity index (χ1n) is 5.98. The molecule has 0 spiro atoms. The van der Waals surface area contributed by atoms with Gasteiger partial charge in [0.05, 0.1) is 5.41 Å². The Morgan fingerprint density at radius 1 is 1.19 bits per heavy atom. The average Bonchev–Trinajstić information content (AvgIpc) is 2.52. The van der Waals surface area contributed by atoms with Crippen LogP contribution in [0.1, 0.15) is 43.4 Å². The molecule has 0 saturated carbocycles. The summed E-state index contributed by atoms with van der Waals surface area (Å²) in [6.07, 6.45) is 1.73. The predicted molar refractivity (Wildman–Crippen MR) is 66.8 cm³/mol. The maximum atomic E-state index is 12.2. The smallest absolute Gasteiger partial charge is 0.235 e. The second-order valence-corrected chi connectivity index (χ2v) is 4.75. The van der Waals surface area contributed by atoms with Gasteiger partial charge in [-0.15, -0.1) is 0 Å². The van der Waals surface area contributed by atoms with Crippen molar-refractivity contribution in [3.05, 3.63) is 28.8 Å². The number of hydrogen-bond donors (Lipinski definition) is 1. The highest BCUT2D eigenvalue weighted by atomic mass is 16.2. The highest BCUT2D eigenvalue weighted by Gasteiger charge is 2.44. The summed E-state index contributed by atoms with van der Waals surface area (Å²) in [6.45, 7) is 8.34. The fraction of sp³-hybridized carbons (Fsp3) is 0.500. The van der Waals surface area contributed by atoms with Crippen LogP contribution < -0.4 is 5.32 Å². The molecular formula is C14H19NO. The summed E-state index contributed by atoms with van der Waals surface area (Å²) in [7, 11) is 0. The molecule has 2 heteroatoms. The standard InChI is InChI=1S/C14H19NO/c1-5-14(6-2)11-8-9(3)7-10(4)12(11)15-13(14)16/h7-8H,5-6H2,1-4H3,(H,15,16). The summed E-state index contributed by atoms with van der Waals surface area (Å²) in [5.74, 6) is 0.168. The summed E-state index contributed by atoms with van der Waals surface area (Å²) in [6, 6.07) is 4.29. The molecule has 0 aromatic heterocycles. The van der Waals surface area contributed by atoms with Gasteiger partial charge in [-0.05, 0) is 37.8 Å². The van der Waals surface area contributed by atoms with Crippen LogP contribution in [-0.2, 0) is 10.2 Å². The molecule has 2 rings (SSSR count). The lowest BCUT2D eigenvalue weighted by Gasteiger charge is -2.24. The minimum atomic E-state index is -0.299. The number of aryl methyl sites for hydroxylation is 2. The van der Waals surface area contributed by atoms with Gasteiger partial charge in [0, 0.05) is 5.69 Å². The van der Waals surface area contributed by atoms with Gasteiger partial charge in [-0.2, -0.15) is 0 Å². The second-order valence-electron chi connectivity index (χ2n) is 4.75. The van der Waals surface area contributed by atoms with Gasteiger partial charge in [0.25, 0.3) is 0 Å². The van der Waals surface area contributed by atoms with E-state index in [0.29, 0.717) is 0 Å². The molecular weight excluding hydrogens is 198 g/mol. The summed E-state index contributed by atoms with van der Waals surface area (Å²) in [4.78, 5) is 12.2. The number of rotatable bonds is 2. The van der Waals surface area contributed by atoms with Gasteiger partial charge in [-0.1, -0.05) is 31.5 Å². The van der Waals surface area contributed by atoms with Crippen molar-refractivity contribution in [1.29, 1.82) is 0 Å². The van der Waals surface area contributed by atoms with Crippen LogP contribution in [0.4, 0.5) is 5.69 Å². The third kappa shape index (κ3) is 1.29. The van der Waals surface area contributed by atoms with Crippen molar-refractivity contribution in [3.63, 3.8) is 0 Å². The zero-order chi connectivity index (χ0) is 11.9. The van der Waals surface area contributed by atoms with Crippen molar-refractivity contribution in [2.75, 3.05) is 5.32 Å². The molecule has 2 nitrogen and oxygen atoms in total. The largest absolute Gasteiger partial charge is 0.325 e. The Morgan fingerprint density at radius 2 is 1.81 bits per heavy atom. The van der Waals surface area contributed by atoms with E-state index in [1.54, 1.807) is 0 Å². The van der Waals surface area contributed by atoms with Crippen LogP contribution in [0.15, 0.2) is 12.1 Å². The predicted octanol–water partition coefficient (Wildman–Crippen LogP) is 3.31. The average molecular weight is 217 g/mol. The number of nitrogens with one attached hydrogen (secondary N) is 1. The fourth-order valence-electron chi connectivity index (χ4n) is 2.82. The van der Waals surface area contributed by atoms with Gasteiger partial charge in [0.15, 0.2) is 0 Å². The number of carbonyl (C=O) groups is 1. The summed E-state index contributed by atoms with van der Waals surface area (Å²) < 4.78 is 0. The van der Waals surface area contributed by atoms with Crippen molar-refractivity contribution < 1.29 is 4.79 Å². The number of hydrogen-bond acceptors (Lipinski definition) is 1. The van der Waals surface area contributed by atoms with Crippen molar-refractivity contribution in [2.24, 2.45) is 0 Å². The molecule has 16 heavy (non-hydrogen) atoms. The Balaban J connectivity index is 2.69. The molecule has 86 valence electrons. The monoisotopic (exact) mass is 217 g/mol. The van der Waals surface area contributed by atoms with E-state index >= 15 is 0 Å². The van der Waals surface area contributed by atoms with Gasteiger partial charge >= 0.3 is 0 Å². The molecule has 1 amide bonds. The Labute approximate surface area is 97.1 Å². The quantitative estimate of drug-likeness (QED) is 0.809. The van der Waals surface area contributed by atoms with E-state index in [9.17, 15) is 4.79 Å². The molecule has 1 heterocycles. The van der Waals surface area contributed by atoms with Gasteiger partial charge in [-0.3, -0.25) is 4.79 Å². The summed E-state index contributed by atoms with van der Waals surface area (Å²) in [5.41, 5.74) is 4.34. The van der Waals surface area contributed by atoms with Gasteiger partial charge < -0.3 is 5.32 Å². The van der Waals surface area contributed by atoms with Crippen LogP contribution in [0.5, 0.6) is 0 Å². The number of anilines is 1. The van der Waals surface area contributed by atoms with Crippen molar-refractivity contribution in [2.45, 2.75) is 46.0 Å². The Bertz CT molecular complexity index is 444. The summed E-state index contributed by atoms with van der Waals surface area (Å²) >= 11 is 0. The van der Waals surface area contributed by atoms with Crippen molar-refractivity contribution >= 4 is 11.6 Å². The number of carbonyl (C=O) groups excluding carboxylic acids is 1. The van der Waals surface area contributed by atoms with E-state index in [-0.39, 0.29) is 11.3 Å². The van der Waals surface area contributed by atoms with E-state index < -0.39 is 0 Å². The topological polar surface area (TPSA) is 29.1 Å². The van der Waals surface area contributed by atoms with Crippen LogP contribution in [0.3, 0.4) is 0 Å². The third-order valence-corrected chi connectivity index (χ3v) is 3.88. The number of fused-ring (bicyclic) bond motifs is 1. The zero-order valence-corrected chi connectivity index (χ0v) is 10.5. The molecule has 1 aliphatic heterocycles. The third-order valence-electron chi connectivity index (χ3n) is 3.88. The first-order valence-corrected chi connectivity index (χ1v) is 5.98. The van der Waals surface area contributed by atoms with E-state index in [4.69, 9.17) is 0 Å². The molecule has 0 unspecified atom stereocenters. The van der Waals surface area contributed by atoms with Crippen molar-refractivity contribution in [3.8, 4) is 0 Å². The van der Waals surface area contributed by atoms with Crippen LogP contribution in [0.25, 0.3) is 0 Å². The Morgan fingerprint density at radius 3 is 2.38 bits per heavy atom. The Hall–Kier alpha value is -1.31. The molecule has 0 aliphatic carbocycles. The maximum absolute atomic E-state index is 12.2. The minimum Gasteiger partial charge on any atom is -0.325 e. The first-order chi connectivity index (χ1) is 7.55. The molecule has 1 aromatic carbocycles. The SMILES string of the molecule is CCC1(CC)C(=O)Nc2c(C)cc(C)cc21. The molecule has 1 aromatic rings. The lowest BCUT2D eigenvalue weighted by molar-refractivity contribution is -0.121. The maximum Gasteiger partial charge on any atom is 0.235 e. The van der Waals surface area contributed by atoms with E-state index in [1.807, 2.05) is 0 Å². The molecule has 0 radical (unpaired) electrons. The highest BCUT2D eigenvalue weighted by molar-refractivity contribution is 6.07. The van der Waals surface area contributed by atoms with Crippen LogP contribution in [0.2, 0.25) is 0 Å². The van der Waals surface area contributed by atoms with Crippen LogP contribution in [-0.4, -0.2) is 5.91 Å². The molecule has 1 aliphatic rings. The molecule has 0 atom stereocenters. The van der Waals surface area contributed by atoms with Gasteiger partial charge in [0.1, 0.15) is 0 Å². The summed E-state index contributed by atoms with van der Waals surface area (Å²) in [5, 5.41) is 3.05. The second kappa shape index (κ2) is 3.62. The van der Waals surface area contributed by atoms with E-state index in [2.05, 4.69) is 45.1 Å². The normalized spacial score (nSPS) is 17.1. The Kier molecular flexibility index (Phi) is 2.53. The zero-order valence-electron chi connectivity index (χ0n) is 10.5.